The Kier molecular flexibility index (Phi) is 3.64. The van der Waals surface area contributed by atoms with Crippen molar-refractivity contribution in [3.63, 3.8) is 0 Å². The molecule has 0 radical (unpaired) electrons. The lowest BCUT2D eigenvalue weighted by Gasteiger charge is -2.13. The lowest BCUT2D eigenvalue weighted by atomic mass is 10.0. The molecule has 0 bridgehead atoms. The predicted molar refractivity (Wildman–Crippen MR) is 67.2 cm³/mol. The van der Waals surface area contributed by atoms with E-state index < -0.39 is 0 Å². The molecule has 3 heteroatoms. The molecule has 16 heavy (non-hydrogen) atoms. The Labute approximate surface area is 104 Å². The third-order valence-electron chi connectivity index (χ3n) is 2.88. The second-order valence-electron chi connectivity index (χ2n) is 3.96. The van der Waals surface area contributed by atoms with Gasteiger partial charge in [-0.25, -0.2) is 0 Å². The number of ether oxygens (including phenoxy) is 1. The van der Waals surface area contributed by atoms with Gasteiger partial charge in [0.15, 0.2) is 5.78 Å². The van der Waals surface area contributed by atoms with Gasteiger partial charge in [-0.15, -0.1) is 0 Å². The van der Waals surface area contributed by atoms with Gasteiger partial charge in [-0.1, -0.05) is 15.9 Å². The van der Waals surface area contributed by atoms with Crippen LogP contribution in [0.3, 0.4) is 0 Å². The van der Waals surface area contributed by atoms with E-state index >= 15 is 0 Å². The number of carbonyl (C=O) groups excluding carboxylic acids is 1. The maximum atomic E-state index is 12.0. The summed E-state index contributed by atoms with van der Waals surface area (Å²) in [7, 11) is 0. The Morgan fingerprint density at radius 1 is 1.31 bits per heavy atom. The van der Waals surface area contributed by atoms with Crippen molar-refractivity contribution in [2.45, 2.75) is 32.6 Å². The van der Waals surface area contributed by atoms with Crippen molar-refractivity contribution in [3.8, 4) is 5.75 Å². The minimum Gasteiger partial charge on any atom is -0.494 e. The zero-order valence-electron chi connectivity index (χ0n) is 9.38. The molecule has 0 amide bonds. The molecule has 0 unspecified atom stereocenters. The number of fused-ring (bicyclic) bond motifs is 1. The van der Waals surface area contributed by atoms with Gasteiger partial charge in [0.2, 0.25) is 0 Å². The first-order valence-electron chi connectivity index (χ1n) is 5.71. The Hall–Kier alpha value is -0.830. The van der Waals surface area contributed by atoms with Crippen molar-refractivity contribution in [2.24, 2.45) is 0 Å². The molecule has 0 aliphatic heterocycles. The van der Waals surface area contributed by atoms with Crippen molar-refractivity contribution in [1.29, 1.82) is 0 Å². The second kappa shape index (κ2) is 5.00. The Balaban J connectivity index is 2.53. The molecule has 0 saturated carbocycles. The topological polar surface area (TPSA) is 26.3 Å². The van der Waals surface area contributed by atoms with Gasteiger partial charge >= 0.3 is 0 Å². The standard InChI is InChI=1S/C13H15BrO2/c1-2-16-12-8-7-10(14)13-9(12)5-3-4-6-11(13)15/h7-8H,2-6H2,1H3. The van der Waals surface area contributed by atoms with Crippen LogP contribution < -0.4 is 4.74 Å². The third-order valence-corrected chi connectivity index (χ3v) is 3.54. The fourth-order valence-corrected chi connectivity index (χ4v) is 2.75. The average Bonchev–Trinajstić information content (AvgIpc) is 2.46. The molecule has 2 rings (SSSR count). The fraction of sp³-hybridized carbons (Fsp3) is 0.462. The lowest BCUT2D eigenvalue weighted by molar-refractivity contribution is 0.0981. The summed E-state index contributed by atoms with van der Waals surface area (Å²) in [5.74, 6) is 1.11. The molecule has 0 aromatic heterocycles. The number of rotatable bonds is 2. The average molecular weight is 283 g/mol. The quantitative estimate of drug-likeness (QED) is 0.772. The lowest BCUT2D eigenvalue weighted by Crippen LogP contribution is -2.05. The van der Waals surface area contributed by atoms with Crippen LogP contribution in [0.2, 0.25) is 0 Å². The van der Waals surface area contributed by atoms with Crippen molar-refractivity contribution in [2.75, 3.05) is 6.61 Å². The van der Waals surface area contributed by atoms with Gasteiger partial charge < -0.3 is 4.74 Å². The number of carbonyl (C=O) groups is 1. The number of Topliss-reactive ketones (excluding diaryl/α,β-unsaturated/α-hetero) is 1. The van der Waals surface area contributed by atoms with Crippen LogP contribution in [0.15, 0.2) is 16.6 Å². The van der Waals surface area contributed by atoms with Crippen LogP contribution in [0, 0.1) is 0 Å². The maximum Gasteiger partial charge on any atom is 0.164 e. The normalized spacial score (nSPS) is 15.5. The number of hydrogen-bond acceptors (Lipinski definition) is 2. The van der Waals surface area contributed by atoms with Crippen LogP contribution in [-0.2, 0) is 6.42 Å². The molecule has 86 valence electrons. The van der Waals surface area contributed by atoms with Gasteiger partial charge in [0, 0.05) is 22.0 Å². The number of benzene rings is 1. The van der Waals surface area contributed by atoms with E-state index in [0.717, 1.165) is 40.6 Å². The molecule has 0 N–H and O–H groups in total. The van der Waals surface area contributed by atoms with Crippen molar-refractivity contribution in [1.82, 2.24) is 0 Å². The maximum absolute atomic E-state index is 12.0. The Morgan fingerprint density at radius 2 is 2.06 bits per heavy atom. The molecule has 0 fully saturated rings. The largest absolute Gasteiger partial charge is 0.494 e. The fourth-order valence-electron chi connectivity index (χ4n) is 2.15. The highest BCUT2D eigenvalue weighted by Crippen LogP contribution is 2.33. The van der Waals surface area contributed by atoms with Gasteiger partial charge in [0.1, 0.15) is 5.75 Å². The SMILES string of the molecule is CCOc1ccc(Br)c2c1CCCCC2=O. The highest BCUT2D eigenvalue weighted by molar-refractivity contribution is 9.10. The zero-order chi connectivity index (χ0) is 11.5. The molecule has 0 atom stereocenters. The summed E-state index contributed by atoms with van der Waals surface area (Å²) in [6.45, 7) is 2.61. The first-order valence-corrected chi connectivity index (χ1v) is 6.50. The van der Waals surface area contributed by atoms with Gasteiger partial charge in [-0.3, -0.25) is 4.79 Å². The monoisotopic (exact) mass is 282 g/mol. The molecule has 0 heterocycles. The molecular weight excluding hydrogens is 268 g/mol. The molecule has 0 spiro atoms. The van der Waals surface area contributed by atoms with E-state index in [1.807, 2.05) is 19.1 Å². The summed E-state index contributed by atoms with van der Waals surface area (Å²) in [6.07, 6.45) is 3.64. The molecule has 1 aromatic carbocycles. The second-order valence-corrected chi connectivity index (χ2v) is 4.82. The summed E-state index contributed by atoms with van der Waals surface area (Å²) in [5, 5.41) is 0. The molecule has 1 aromatic rings. The highest BCUT2D eigenvalue weighted by Gasteiger charge is 2.21. The van der Waals surface area contributed by atoms with E-state index in [1.165, 1.54) is 0 Å². The van der Waals surface area contributed by atoms with Crippen molar-refractivity contribution < 1.29 is 9.53 Å². The van der Waals surface area contributed by atoms with E-state index in [0.29, 0.717) is 13.0 Å². The van der Waals surface area contributed by atoms with Gasteiger partial charge in [-0.05, 0) is 38.3 Å². The van der Waals surface area contributed by atoms with Crippen LogP contribution >= 0.6 is 15.9 Å². The van der Waals surface area contributed by atoms with E-state index in [2.05, 4.69) is 15.9 Å². The summed E-state index contributed by atoms with van der Waals surface area (Å²) in [6, 6.07) is 3.86. The Morgan fingerprint density at radius 3 is 2.81 bits per heavy atom. The van der Waals surface area contributed by atoms with Crippen LogP contribution in [0.1, 0.15) is 42.1 Å². The van der Waals surface area contributed by atoms with Crippen molar-refractivity contribution in [3.05, 3.63) is 27.7 Å². The molecule has 1 aliphatic rings. The van der Waals surface area contributed by atoms with Crippen LogP contribution in [0.25, 0.3) is 0 Å². The van der Waals surface area contributed by atoms with Crippen LogP contribution in [0.5, 0.6) is 5.75 Å². The minimum absolute atomic E-state index is 0.237. The summed E-state index contributed by atoms with van der Waals surface area (Å²) < 4.78 is 6.49. The van der Waals surface area contributed by atoms with Gasteiger partial charge in [0.05, 0.1) is 6.61 Å². The minimum atomic E-state index is 0.237. The first-order chi connectivity index (χ1) is 7.74. The number of halogens is 1. The highest BCUT2D eigenvalue weighted by atomic mass is 79.9. The van der Waals surface area contributed by atoms with Gasteiger partial charge in [-0.2, -0.15) is 0 Å². The molecule has 0 saturated heterocycles. The summed E-state index contributed by atoms with van der Waals surface area (Å²) >= 11 is 3.47. The van der Waals surface area contributed by atoms with E-state index in [4.69, 9.17) is 4.74 Å². The number of hydrogen-bond donors (Lipinski definition) is 0. The third kappa shape index (κ3) is 2.14. The molecule has 2 nitrogen and oxygen atoms in total. The van der Waals surface area contributed by atoms with Crippen molar-refractivity contribution >= 4 is 21.7 Å². The molecule has 1 aliphatic carbocycles. The molecular formula is C13H15BrO2. The smallest absolute Gasteiger partial charge is 0.164 e. The van der Waals surface area contributed by atoms with Crippen LogP contribution in [0.4, 0.5) is 0 Å². The number of ketones is 1. The van der Waals surface area contributed by atoms with E-state index in [9.17, 15) is 4.79 Å². The van der Waals surface area contributed by atoms with E-state index in [1.54, 1.807) is 0 Å². The van der Waals surface area contributed by atoms with Gasteiger partial charge in [0.25, 0.3) is 0 Å². The first kappa shape index (κ1) is 11.6. The Bertz CT molecular complexity index is 413. The zero-order valence-corrected chi connectivity index (χ0v) is 11.0. The summed E-state index contributed by atoms with van der Waals surface area (Å²) in [5.41, 5.74) is 1.92. The van der Waals surface area contributed by atoms with Crippen LogP contribution in [-0.4, -0.2) is 12.4 Å². The summed E-state index contributed by atoms with van der Waals surface area (Å²) in [4.78, 5) is 12.0. The van der Waals surface area contributed by atoms with E-state index in [-0.39, 0.29) is 5.78 Å². The predicted octanol–water partition coefficient (Wildman–Crippen LogP) is 3.76.